The maximum absolute atomic E-state index is 11.3. The monoisotopic (exact) mass is 296 g/mol. The molecule has 0 spiro atoms. The summed E-state index contributed by atoms with van der Waals surface area (Å²) in [7, 11) is 3.19. The maximum Gasteiger partial charge on any atom is 0.395 e. The predicted octanol–water partition coefficient (Wildman–Crippen LogP) is 0.642. The van der Waals surface area contributed by atoms with E-state index in [9.17, 15) is 10.1 Å². The van der Waals surface area contributed by atoms with Gasteiger partial charge in [-0.2, -0.15) is 9.98 Å². The summed E-state index contributed by atoms with van der Waals surface area (Å²) in [4.78, 5) is 23.3. The molecule has 0 amide bonds. The van der Waals surface area contributed by atoms with Crippen molar-refractivity contribution in [3.05, 3.63) is 28.2 Å². The Labute approximate surface area is 120 Å². The van der Waals surface area contributed by atoms with Crippen molar-refractivity contribution in [2.45, 2.75) is 13.1 Å². The van der Waals surface area contributed by atoms with Gasteiger partial charge in [0.1, 0.15) is 0 Å². The quantitative estimate of drug-likeness (QED) is 0.350. The third-order valence-electron chi connectivity index (χ3n) is 3.36. The van der Waals surface area contributed by atoms with E-state index in [1.165, 1.54) is 13.3 Å². The topological polar surface area (TPSA) is 90.5 Å². The van der Waals surface area contributed by atoms with Crippen LogP contribution in [-0.4, -0.2) is 57.1 Å². The second-order valence-corrected chi connectivity index (χ2v) is 4.86. The smallest absolute Gasteiger partial charge is 0.395 e. The molecule has 0 fully saturated rings. The van der Waals surface area contributed by atoms with Gasteiger partial charge in [0.25, 0.3) is 5.84 Å². The van der Waals surface area contributed by atoms with Crippen LogP contribution in [0.15, 0.2) is 17.3 Å². The SMILES string of the molecule is CC[N+]1(C)C(c2nccc(OC)n2)=NC(=S)C1[N+](=O)[O-]. The number of methoxy groups -OCH3 is 1. The average Bonchev–Trinajstić information content (AvgIpc) is 2.71. The van der Waals surface area contributed by atoms with Gasteiger partial charge in [0.2, 0.25) is 16.7 Å². The van der Waals surface area contributed by atoms with Crippen molar-refractivity contribution in [3.8, 4) is 5.88 Å². The van der Waals surface area contributed by atoms with Gasteiger partial charge in [-0.05, 0) is 19.1 Å². The van der Waals surface area contributed by atoms with Crippen LogP contribution < -0.4 is 4.74 Å². The molecule has 1 aromatic heterocycles. The number of hydrogen-bond acceptors (Lipinski definition) is 6. The first-order valence-corrected chi connectivity index (χ1v) is 6.34. The lowest BCUT2D eigenvalue weighted by molar-refractivity contribution is -0.921. The van der Waals surface area contributed by atoms with E-state index >= 15 is 0 Å². The second-order valence-electron chi connectivity index (χ2n) is 4.44. The summed E-state index contributed by atoms with van der Waals surface area (Å²) >= 11 is 5.04. The molecule has 0 aliphatic carbocycles. The molecule has 0 aromatic carbocycles. The minimum atomic E-state index is -1.08. The minimum Gasteiger partial charge on any atom is -0.481 e. The van der Waals surface area contributed by atoms with Crippen molar-refractivity contribution in [2.75, 3.05) is 20.7 Å². The first kappa shape index (κ1) is 14.4. The number of ether oxygens (including phenoxy) is 1. The molecule has 1 aliphatic rings. The van der Waals surface area contributed by atoms with Crippen LogP contribution in [0.4, 0.5) is 0 Å². The molecule has 2 heterocycles. The van der Waals surface area contributed by atoms with Crippen LogP contribution in [0, 0.1) is 10.1 Å². The van der Waals surface area contributed by atoms with Crippen LogP contribution in [-0.2, 0) is 0 Å². The Hall–Kier alpha value is -2.00. The molecular weight excluding hydrogens is 282 g/mol. The van der Waals surface area contributed by atoms with Gasteiger partial charge in [-0.3, -0.25) is 10.1 Å². The number of aromatic nitrogens is 2. The number of rotatable bonds is 4. The minimum absolute atomic E-state index is 0.0424. The van der Waals surface area contributed by atoms with Crippen molar-refractivity contribution in [1.29, 1.82) is 0 Å². The van der Waals surface area contributed by atoms with Crippen molar-refractivity contribution in [1.82, 2.24) is 9.97 Å². The lowest BCUT2D eigenvalue weighted by Crippen LogP contribution is -2.58. The number of likely N-dealkylation sites (N-methyl/N-ethyl adjacent to an activating group) is 1. The molecule has 0 bridgehead atoms. The number of hydrogen-bond donors (Lipinski definition) is 0. The number of nitro groups is 1. The zero-order valence-electron chi connectivity index (χ0n) is 11.3. The van der Waals surface area contributed by atoms with Crippen molar-refractivity contribution >= 4 is 23.0 Å². The van der Waals surface area contributed by atoms with Crippen LogP contribution in [0.25, 0.3) is 0 Å². The molecule has 0 radical (unpaired) electrons. The first-order chi connectivity index (χ1) is 9.43. The van der Waals surface area contributed by atoms with Gasteiger partial charge in [-0.25, -0.2) is 9.47 Å². The molecule has 2 rings (SSSR count). The Morgan fingerprint density at radius 1 is 1.60 bits per heavy atom. The predicted molar refractivity (Wildman–Crippen MR) is 75.2 cm³/mol. The number of quaternary nitrogens is 1. The Bertz CT molecular complexity index is 605. The Morgan fingerprint density at radius 2 is 2.30 bits per heavy atom. The molecule has 9 heteroatoms. The lowest BCUT2D eigenvalue weighted by atomic mass is 10.3. The Balaban J connectivity index is 2.52. The third kappa shape index (κ3) is 2.14. The fraction of sp³-hybridized carbons (Fsp3) is 0.455. The normalized spacial score (nSPS) is 25.4. The highest BCUT2D eigenvalue weighted by molar-refractivity contribution is 7.80. The molecule has 20 heavy (non-hydrogen) atoms. The van der Waals surface area contributed by atoms with E-state index in [1.54, 1.807) is 13.1 Å². The Kier molecular flexibility index (Phi) is 3.73. The molecule has 8 nitrogen and oxygen atoms in total. The third-order valence-corrected chi connectivity index (χ3v) is 3.66. The summed E-state index contributed by atoms with van der Waals surface area (Å²) in [6.07, 6.45) is 0.437. The van der Waals surface area contributed by atoms with E-state index in [1.807, 2.05) is 6.92 Å². The van der Waals surface area contributed by atoms with E-state index < -0.39 is 11.1 Å². The van der Waals surface area contributed by atoms with E-state index in [4.69, 9.17) is 17.0 Å². The molecule has 0 N–H and O–H groups in total. The lowest BCUT2D eigenvalue weighted by Gasteiger charge is -2.28. The van der Waals surface area contributed by atoms with Gasteiger partial charge in [0.15, 0.2) is 0 Å². The summed E-state index contributed by atoms with van der Waals surface area (Å²) in [5, 5.41) is 11.3. The van der Waals surface area contributed by atoms with Crippen LogP contribution in [0.3, 0.4) is 0 Å². The Morgan fingerprint density at radius 3 is 2.85 bits per heavy atom. The van der Waals surface area contributed by atoms with Gasteiger partial charge in [0.05, 0.1) is 25.6 Å². The van der Waals surface area contributed by atoms with Crippen LogP contribution >= 0.6 is 12.2 Å². The van der Waals surface area contributed by atoms with Gasteiger partial charge in [0, 0.05) is 12.3 Å². The molecule has 2 unspecified atom stereocenters. The fourth-order valence-corrected chi connectivity index (χ4v) is 2.50. The first-order valence-electron chi connectivity index (χ1n) is 5.93. The van der Waals surface area contributed by atoms with E-state index in [0.717, 1.165) is 0 Å². The van der Waals surface area contributed by atoms with Crippen LogP contribution in [0.1, 0.15) is 12.7 Å². The van der Waals surface area contributed by atoms with Gasteiger partial charge in [-0.15, -0.1) is 0 Å². The summed E-state index contributed by atoms with van der Waals surface area (Å²) in [6, 6.07) is 1.60. The zero-order chi connectivity index (χ0) is 14.9. The number of thiocarbonyl (C=S) groups is 1. The summed E-state index contributed by atoms with van der Waals surface area (Å²) < 4.78 is 4.98. The van der Waals surface area contributed by atoms with E-state index in [-0.39, 0.29) is 9.47 Å². The van der Waals surface area contributed by atoms with Crippen LogP contribution in [0.2, 0.25) is 0 Å². The highest BCUT2D eigenvalue weighted by Gasteiger charge is 2.55. The molecule has 1 aromatic rings. The molecule has 0 saturated heterocycles. The highest BCUT2D eigenvalue weighted by atomic mass is 32.1. The molecule has 2 atom stereocenters. The van der Waals surface area contributed by atoms with Gasteiger partial charge >= 0.3 is 6.17 Å². The highest BCUT2D eigenvalue weighted by Crippen LogP contribution is 2.25. The molecule has 1 aliphatic heterocycles. The average molecular weight is 296 g/mol. The molecular formula is C11H14N5O3S+. The summed E-state index contributed by atoms with van der Waals surface area (Å²) in [5.74, 6) is 1.05. The maximum atomic E-state index is 11.3. The number of nitrogens with zero attached hydrogens (tertiary/aromatic N) is 5. The number of amidine groups is 1. The fourth-order valence-electron chi connectivity index (χ4n) is 2.10. The van der Waals surface area contributed by atoms with Crippen LogP contribution in [0.5, 0.6) is 5.88 Å². The van der Waals surface area contributed by atoms with E-state index in [0.29, 0.717) is 24.1 Å². The molecule has 106 valence electrons. The largest absolute Gasteiger partial charge is 0.481 e. The molecule has 0 saturated carbocycles. The summed E-state index contributed by atoms with van der Waals surface area (Å²) in [6.45, 7) is 2.28. The van der Waals surface area contributed by atoms with Gasteiger partial charge in [-0.1, -0.05) is 0 Å². The zero-order valence-corrected chi connectivity index (χ0v) is 12.1. The second kappa shape index (κ2) is 5.17. The standard InChI is InChI=1S/C11H14N5O3S/c1-4-16(2)9(14-10(20)11(16)15(17)18)8-12-6-5-7(13-8)19-3/h5-6,11H,4H2,1-3H3/q+1. The summed E-state index contributed by atoms with van der Waals surface area (Å²) in [5.41, 5.74) is 0. The van der Waals surface area contributed by atoms with Crippen molar-refractivity contribution in [2.24, 2.45) is 4.99 Å². The van der Waals surface area contributed by atoms with Crippen molar-refractivity contribution < 1.29 is 14.1 Å². The van der Waals surface area contributed by atoms with E-state index in [2.05, 4.69) is 15.0 Å². The van der Waals surface area contributed by atoms with Crippen molar-refractivity contribution in [3.63, 3.8) is 0 Å². The number of aliphatic imine (C=N–C) groups is 1. The van der Waals surface area contributed by atoms with Gasteiger partial charge < -0.3 is 4.74 Å².